The zero-order chi connectivity index (χ0) is 8.81. The van der Waals surface area contributed by atoms with Gasteiger partial charge in [-0.05, 0) is 12.3 Å². The first-order chi connectivity index (χ1) is 5.79. The van der Waals surface area contributed by atoms with Crippen molar-refractivity contribution in [2.24, 2.45) is 11.7 Å². The molecule has 0 heterocycles. The van der Waals surface area contributed by atoms with Crippen molar-refractivity contribution in [1.82, 2.24) is 0 Å². The molecule has 1 saturated carbocycles. The van der Waals surface area contributed by atoms with Crippen molar-refractivity contribution in [3.05, 3.63) is 0 Å². The van der Waals surface area contributed by atoms with Gasteiger partial charge in [0.25, 0.3) is 0 Å². The molecule has 1 aliphatic rings. The Kier molecular flexibility index (Phi) is 9.36. The van der Waals surface area contributed by atoms with Crippen LogP contribution >= 0.6 is 24.0 Å². The maximum atomic E-state index is 5.40. The Balaban J connectivity index is 0.00000144. The third kappa shape index (κ3) is 7.20. The topological polar surface area (TPSA) is 26.0 Å². The molecule has 0 bridgehead atoms. The van der Waals surface area contributed by atoms with E-state index in [0.29, 0.717) is 4.32 Å². The molecule has 1 rings (SSSR count). The summed E-state index contributed by atoms with van der Waals surface area (Å²) in [6.45, 7) is 0. The smallest absolute Gasteiger partial charge is 0.131 e. The predicted octanol–water partition coefficient (Wildman–Crippen LogP) is 2.55. The van der Waals surface area contributed by atoms with Crippen LogP contribution in [0.4, 0.5) is 0 Å². The van der Waals surface area contributed by atoms with Crippen molar-refractivity contribution < 1.29 is 0 Å². The molecule has 0 saturated heterocycles. The predicted molar refractivity (Wildman–Crippen MR) is 66.2 cm³/mol. The van der Waals surface area contributed by atoms with Crippen molar-refractivity contribution in [3.63, 3.8) is 0 Å². The Morgan fingerprint density at radius 1 is 1.31 bits per heavy atom. The van der Waals surface area contributed by atoms with E-state index in [1.54, 1.807) is 11.8 Å². The van der Waals surface area contributed by atoms with E-state index in [4.69, 9.17) is 18.0 Å². The monoisotopic (exact) mass is 226 g/mol. The van der Waals surface area contributed by atoms with E-state index in [2.05, 4.69) is 0 Å². The summed E-state index contributed by atoms with van der Waals surface area (Å²) in [6.07, 6.45) is 8.47. The molecular weight excluding hydrogens is 209 g/mol. The van der Waals surface area contributed by atoms with Gasteiger partial charge >= 0.3 is 0 Å². The van der Waals surface area contributed by atoms with Gasteiger partial charge in [-0.2, -0.15) is 0 Å². The normalized spacial score (nSPS) is 17.8. The van der Waals surface area contributed by atoms with Gasteiger partial charge in [-0.25, -0.2) is 0 Å². The molecule has 1 fully saturated rings. The van der Waals surface area contributed by atoms with Crippen molar-refractivity contribution in [1.29, 1.82) is 0 Å². The maximum absolute atomic E-state index is 5.40. The van der Waals surface area contributed by atoms with Crippen LogP contribution in [0.2, 0.25) is 0 Å². The summed E-state index contributed by atoms with van der Waals surface area (Å²) in [6, 6.07) is 0. The largest absolute Gasteiger partial charge is 0.385 e. The van der Waals surface area contributed by atoms with Crippen LogP contribution in [0.15, 0.2) is 0 Å². The zero-order valence-corrected chi connectivity index (χ0v) is 12.1. The third-order valence-corrected chi connectivity index (χ3v) is 3.57. The Hall–Kier alpha value is 1.24. The van der Waals surface area contributed by atoms with Crippen LogP contribution in [0.25, 0.3) is 0 Å². The summed E-state index contributed by atoms with van der Waals surface area (Å²) >= 11 is 6.44. The summed E-state index contributed by atoms with van der Waals surface area (Å²) in [4.78, 5) is 0. The fraction of sp³-hybridized carbons (Fsp3) is 0.889. The molecule has 1 radical (unpaired) electrons. The number of thiocarbonyl (C=S) groups is 1. The Morgan fingerprint density at radius 3 is 2.46 bits per heavy atom. The third-order valence-electron chi connectivity index (χ3n) is 2.50. The van der Waals surface area contributed by atoms with Crippen LogP contribution in [-0.4, -0.2) is 39.6 Å². The molecule has 1 nitrogen and oxygen atoms in total. The van der Waals surface area contributed by atoms with Gasteiger partial charge in [-0.1, -0.05) is 56.1 Å². The van der Waals surface area contributed by atoms with Crippen LogP contribution < -0.4 is 5.73 Å². The average molecular weight is 226 g/mol. The minimum Gasteiger partial charge on any atom is -0.385 e. The van der Waals surface area contributed by atoms with E-state index in [1.165, 1.54) is 38.5 Å². The number of hydrogen-bond acceptors (Lipinski definition) is 2. The van der Waals surface area contributed by atoms with E-state index in [1.807, 2.05) is 0 Å². The minimum atomic E-state index is 0. The van der Waals surface area contributed by atoms with Crippen molar-refractivity contribution >= 4 is 57.9 Å². The van der Waals surface area contributed by atoms with E-state index in [-0.39, 0.29) is 29.6 Å². The SMILES string of the molecule is NC(=S)SCCC1CCCCC1.[Na]. The molecule has 2 N–H and O–H groups in total. The Labute approximate surface area is 113 Å². The molecule has 0 aromatic heterocycles. The van der Waals surface area contributed by atoms with Gasteiger partial charge in [0, 0.05) is 35.3 Å². The molecule has 0 spiro atoms. The van der Waals surface area contributed by atoms with Crippen LogP contribution in [-0.2, 0) is 0 Å². The van der Waals surface area contributed by atoms with E-state index < -0.39 is 0 Å². The number of thioether (sulfide) groups is 1. The first-order valence-electron chi connectivity index (χ1n) is 4.71. The minimum absolute atomic E-state index is 0. The second-order valence-electron chi connectivity index (χ2n) is 3.46. The van der Waals surface area contributed by atoms with Gasteiger partial charge in [-0.3, -0.25) is 0 Å². The summed E-state index contributed by atoms with van der Waals surface area (Å²) in [5.74, 6) is 2.08. The Morgan fingerprint density at radius 2 is 1.92 bits per heavy atom. The van der Waals surface area contributed by atoms with Crippen molar-refractivity contribution in [2.75, 3.05) is 5.75 Å². The van der Waals surface area contributed by atoms with Crippen LogP contribution in [0, 0.1) is 5.92 Å². The van der Waals surface area contributed by atoms with Crippen LogP contribution in [0.1, 0.15) is 38.5 Å². The molecule has 0 aromatic carbocycles. The van der Waals surface area contributed by atoms with Crippen molar-refractivity contribution in [3.8, 4) is 0 Å². The fourth-order valence-electron chi connectivity index (χ4n) is 1.80. The molecule has 0 aliphatic heterocycles. The number of rotatable bonds is 3. The molecule has 0 amide bonds. The van der Waals surface area contributed by atoms with Gasteiger partial charge in [-0.15, -0.1) is 0 Å². The average Bonchev–Trinajstić information content (AvgIpc) is 2.05. The van der Waals surface area contributed by atoms with Crippen molar-refractivity contribution in [2.45, 2.75) is 38.5 Å². The van der Waals surface area contributed by atoms with Gasteiger partial charge < -0.3 is 5.73 Å². The molecule has 0 aromatic rings. The molecule has 0 atom stereocenters. The van der Waals surface area contributed by atoms with E-state index in [0.717, 1.165) is 11.7 Å². The van der Waals surface area contributed by atoms with Gasteiger partial charge in [0.05, 0.1) is 0 Å². The first-order valence-corrected chi connectivity index (χ1v) is 6.10. The fourth-order valence-corrected chi connectivity index (χ4v) is 2.70. The molecule has 1 aliphatic carbocycles. The second kappa shape index (κ2) is 8.54. The molecule has 71 valence electrons. The molecule has 0 unspecified atom stereocenters. The standard InChI is InChI=1S/C9H17NS2.Na/c10-9(11)12-7-6-8-4-2-1-3-5-8;/h8H,1-7H2,(H2,10,11);. The summed E-state index contributed by atoms with van der Waals surface area (Å²) in [7, 11) is 0. The first kappa shape index (κ1) is 14.2. The summed E-state index contributed by atoms with van der Waals surface area (Å²) in [5, 5.41) is 0. The Bertz CT molecular complexity index is 147. The van der Waals surface area contributed by atoms with Crippen LogP contribution in [0.3, 0.4) is 0 Å². The second-order valence-corrected chi connectivity index (χ2v) is 5.30. The van der Waals surface area contributed by atoms with Gasteiger partial charge in [0.1, 0.15) is 4.32 Å². The zero-order valence-electron chi connectivity index (χ0n) is 8.42. The number of hydrogen-bond donors (Lipinski definition) is 1. The summed E-state index contributed by atoms with van der Waals surface area (Å²) in [5.41, 5.74) is 5.40. The molecular formula is C9H17NNaS2. The van der Waals surface area contributed by atoms with Crippen LogP contribution in [0.5, 0.6) is 0 Å². The molecule has 4 heteroatoms. The quantitative estimate of drug-likeness (QED) is 0.591. The maximum Gasteiger partial charge on any atom is 0.131 e. The summed E-state index contributed by atoms with van der Waals surface area (Å²) < 4.78 is 0.603. The molecule has 13 heavy (non-hydrogen) atoms. The van der Waals surface area contributed by atoms with Gasteiger partial charge in [0.2, 0.25) is 0 Å². The number of nitrogens with two attached hydrogens (primary N) is 1. The van der Waals surface area contributed by atoms with Gasteiger partial charge in [0.15, 0.2) is 0 Å². The van der Waals surface area contributed by atoms with E-state index in [9.17, 15) is 0 Å². The van der Waals surface area contributed by atoms with E-state index >= 15 is 0 Å².